The molecular weight excluding hydrogens is 418 g/mol. The highest BCUT2D eigenvalue weighted by Crippen LogP contribution is 2.32. The lowest BCUT2D eigenvalue weighted by molar-refractivity contribution is 0.0695. The van der Waals surface area contributed by atoms with Gasteiger partial charge in [-0.15, -0.1) is 0 Å². The highest BCUT2D eigenvalue weighted by atomic mass is 35.5. The predicted octanol–water partition coefficient (Wildman–Crippen LogP) is 4.62. The van der Waals surface area contributed by atoms with Crippen molar-refractivity contribution in [1.82, 2.24) is 10.3 Å². The van der Waals surface area contributed by atoms with Crippen molar-refractivity contribution in [3.05, 3.63) is 78.3 Å². The molecule has 0 atom stereocenters. The summed E-state index contributed by atoms with van der Waals surface area (Å²) in [5.74, 6) is -1.80. The molecule has 0 amide bonds. The number of H-pyrrole nitrogens is 1. The molecule has 3 rings (SSSR count). The SMILES string of the molecule is O=C(O)c1cc2cc(Cl)c(Cl)c(CNCc3c(F)cccc3Cl)c2[nH]c1=O. The number of pyridine rings is 1. The maximum atomic E-state index is 13.9. The van der Waals surface area contributed by atoms with Gasteiger partial charge in [-0.3, -0.25) is 4.79 Å². The standard InChI is InChI=1S/C18H12Cl3FN2O3/c19-12-2-1-3-14(22)10(12)6-23-7-11-15(21)13(20)5-8-4-9(18(26)27)17(25)24-16(8)11/h1-5,23H,6-7H2,(H,24,25)(H,26,27). The number of nitrogens with one attached hydrogen (secondary N) is 2. The average Bonchev–Trinajstić information content (AvgIpc) is 2.60. The lowest BCUT2D eigenvalue weighted by Gasteiger charge is -2.13. The van der Waals surface area contributed by atoms with Crippen molar-refractivity contribution >= 4 is 51.7 Å². The number of benzene rings is 2. The molecule has 27 heavy (non-hydrogen) atoms. The minimum Gasteiger partial charge on any atom is -0.477 e. The Bertz CT molecular complexity index is 1090. The zero-order valence-electron chi connectivity index (χ0n) is 13.6. The molecule has 0 aliphatic carbocycles. The summed E-state index contributed by atoms with van der Waals surface area (Å²) in [7, 11) is 0. The van der Waals surface area contributed by atoms with Crippen LogP contribution in [0.15, 0.2) is 35.1 Å². The van der Waals surface area contributed by atoms with Gasteiger partial charge in [0.15, 0.2) is 0 Å². The van der Waals surface area contributed by atoms with Gasteiger partial charge >= 0.3 is 5.97 Å². The zero-order valence-corrected chi connectivity index (χ0v) is 15.8. The van der Waals surface area contributed by atoms with E-state index in [2.05, 4.69) is 10.3 Å². The molecule has 9 heteroatoms. The third-order valence-corrected chi connectivity index (χ3v) is 5.21. The van der Waals surface area contributed by atoms with Gasteiger partial charge in [0.05, 0.1) is 15.6 Å². The maximum Gasteiger partial charge on any atom is 0.341 e. The number of hydrogen-bond donors (Lipinski definition) is 3. The van der Waals surface area contributed by atoms with E-state index in [0.717, 1.165) is 0 Å². The van der Waals surface area contributed by atoms with Crippen molar-refractivity contribution in [1.29, 1.82) is 0 Å². The molecule has 2 aromatic carbocycles. The molecule has 1 aromatic heterocycles. The number of fused-ring (bicyclic) bond motifs is 1. The van der Waals surface area contributed by atoms with Crippen LogP contribution in [-0.4, -0.2) is 16.1 Å². The van der Waals surface area contributed by atoms with Crippen LogP contribution in [0.1, 0.15) is 21.5 Å². The molecule has 0 saturated carbocycles. The van der Waals surface area contributed by atoms with Gasteiger partial charge in [-0.05, 0) is 24.3 Å². The second kappa shape index (κ2) is 7.86. The van der Waals surface area contributed by atoms with Gasteiger partial charge in [0.2, 0.25) is 0 Å². The zero-order chi connectivity index (χ0) is 19.7. The highest BCUT2D eigenvalue weighted by Gasteiger charge is 2.16. The summed E-state index contributed by atoms with van der Waals surface area (Å²) in [6.07, 6.45) is 0. The van der Waals surface area contributed by atoms with E-state index in [1.165, 1.54) is 24.3 Å². The molecule has 0 aliphatic rings. The van der Waals surface area contributed by atoms with Crippen LogP contribution in [0.3, 0.4) is 0 Å². The van der Waals surface area contributed by atoms with Crippen LogP contribution in [0.5, 0.6) is 0 Å². The van der Waals surface area contributed by atoms with Crippen molar-refractivity contribution in [2.24, 2.45) is 0 Å². The summed E-state index contributed by atoms with van der Waals surface area (Å²) in [5, 5.41) is 13.2. The third kappa shape index (κ3) is 3.94. The van der Waals surface area contributed by atoms with Gasteiger partial charge in [-0.1, -0.05) is 40.9 Å². The fourth-order valence-corrected chi connectivity index (χ4v) is 3.38. The molecule has 0 bridgehead atoms. The quantitative estimate of drug-likeness (QED) is 0.553. The molecule has 0 aliphatic heterocycles. The smallest absolute Gasteiger partial charge is 0.341 e. The molecule has 0 saturated heterocycles. The van der Waals surface area contributed by atoms with Gasteiger partial charge in [0, 0.05) is 34.6 Å². The van der Waals surface area contributed by atoms with Crippen molar-refractivity contribution in [2.45, 2.75) is 13.1 Å². The number of carboxylic acid groups (broad SMARTS) is 1. The summed E-state index contributed by atoms with van der Waals surface area (Å²) in [6.45, 7) is 0.260. The number of rotatable bonds is 5. The average molecular weight is 430 g/mol. The van der Waals surface area contributed by atoms with Gasteiger partial charge in [0.25, 0.3) is 5.56 Å². The third-order valence-electron chi connectivity index (χ3n) is 4.03. The topological polar surface area (TPSA) is 82.2 Å². The van der Waals surface area contributed by atoms with E-state index < -0.39 is 22.9 Å². The van der Waals surface area contributed by atoms with E-state index in [-0.39, 0.29) is 28.2 Å². The van der Waals surface area contributed by atoms with Gasteiger partial charge in [-0.2, -0.15) is 0 Å². The fourth-order valence-electron chi connectivity index (χ4n) is 2.70. The Morgan fingerprint density at radius 3 is 2.48 bits per heavy atom. The van der Waals surface area contributed by atoms with Crippen LogP contribution in [0.2, 0.25) is 15.1 Å². The van der Waals surface area contributed by atoms with Crippen LogP contribution in [0.4, 0.5) is 4.39 Å². The molecule has 5 nitrogen and oxygen atoms in total. The van der Waals surface area contributed by atoms with E-state index in [0.29, 0.717) is 22.0 Å². The number of hydrogen-bond acceptors (Lipinski definition) is 3. The molecule has 140 valence electrons. The van der Waals surface area contributed by atoms with E-state index in [1.54, 1.807) is 6.07 Å². The molecule has 3 aromatic rings. The first-order valence-electron chi connectivity index (χ1n) is 7.70. The summed E-state index contributed by atoms with van der Waals surface area (Å²) in [4.78, 5) is 25.7. The largest absolute Gasteiger partial charge is 0.477 e. The number of aromatic nitrogens is 1. The predicted molar refractivity (Wildman–Crippen MR) is 104 cm³/mol. The van der Waals surface area contributed by atoms with Crippen LogP contribution in [-0.2, 0) is 13.1 Å². The minimum atomic E-state index is -1.35. The monoisotopic (exact) mass is 428 g/mol. The Balaban J connectivity index is 1.98. The number of carboxylic acids is 1. The van der Waals surface area contributed by atoms with Crippen LogP contribution < -0.4 is 10.9 Å². The lowest BCUT2D eigenvalue weighted by atomic mass is 10.1. The summed E-state index contributed by atoms with van der Waals surface area (Å²) >= 11 is 18.4. The fraction of sp³-hybridized carbons (Fsp3) is 0.111. The van der Waals surface area contributed by atoms with Crippen molar-refractivity contribution in [2.75, 3.05) is 0 Å². The minimum absolute atomic E-state index is 0.118. The number of aromatic carboxylic acids is 1. The normalized spacial score (nSPS) is 11.1. The first kappa shape index (κ1) is 19.6. The maximum absolute atomic E-state index is 13.9. The summed E-state index contributed by atoms with van der Waals surface area (Å²) in [5.41, 5.74) is -0.0554. The Kier molecular flexibility index (Phi) is 5.72. The summed E-state index contributed by atoms with van der Waals surface area (Å²) < 4.78 is 13.9. The molecule has 0 radical (unpaired) electrons. The Morgan fingerprint density at radius 2 is 1.81 bits per heavy atom. The molecule has 0 spiro atoms. The first-order chi connectivity index (χ1) is 12.8. The van der Waals surface area contributed by atoms with Crippen molar-refractivity contribution in [3.8, 4) is 0 Å². The van der Waals surface area contributed by atoms with E-state index >= 15 is 0 Å². The van der Waals surface area contributed by atoms with Gasteiger partial charge in [-0.25, -0.2) is 9.18 Å². The van der Waals surface area contributed by atoms with Crippen molar-refractivity contribution in [3.63, 3.8) is 0 Å². The van der Waals surface area contributed by atoms with Crippen LogP contribution in [0, 0.1) is 5.82 Å². The highest BCUT2D eigenvalue weighted by molar-refractivity contribution is 6.43. The molecular formula is C18H12Cl3FN2O3. The van der Waals surface area contributed by atoms with Gasteiger partial charge < -0.3 is 15.4 Å². The van der Waals surface area contributed by atoms with Gasteiger partial charge in [0.1, 0.15) is 11.4 Å². The Hall–Kier alpha value is -2.12. The Labute approximate surface area is 167 Å². The second-order valence-corrected chi connectivity index (χ2v) is 6.93. The van der Waals surface area contributed by atoms with Crippen LogP contribution in [0.25, 0.3) is 10.9 Å². The van der Waals surface area contributed by atoms with Crippen molar-refractivity contribution < 1.29 is 14.3 Å². The summed E-state index contributed by atoms with van der Waals surface area (Å²) in [6, 6.07) is 7.09. The first-order valence-corrected chi connectivity index (χ1v) is 8.83. The lowest BCUT2D eigenvalue weighted by Crippen LogP contribution is -2.19. The van der Waals surface area contributed by atoms with Crippen LogP contribution >= 0.6 is 34.8 Å². The Morgan fingerprint density at radius 1 is 1.11 bits per heavy atom. The molecule has 0 fully saturated rings. The molecule has 1 heterocycles. The van der Waals surface area contributed by atoms with E-state index in [1.807, 2.05) is 0 Å². The van der Waals surface area contributed by atoms with E-state index in [9.17, 15) is 14.0 Å². The second-order valence-electron chi connectivity index (χ2n) is 5.74. The van der Waals surface area contributed by atoms with E-state index in [4.69, 9.17) is 39.9 Å². The number of halogens is 4. The molecule has 0 unspecified atom stereocenters. The number of aromatic amines is 1. The number of carbonyl (C=O) groups is 1. The molecule has 3 N–H and O–H groups in total.